The summed E-state index contributed by atoms with van der Waals surface area (Å²) in [7, 11) is 0. The second-order valence-electron chi connectivity index (χ2n) is 11.3. The van der Waals surface area contributed by atoms with Crippen molar-refractivity contribution in [1.82, 2.24) is 20.0 Å². The third-order valence-corrected chi connectivity index (χ3v) is 9.04. The number of nitrogens with zero attached hydrogens (tertiary/aromatic N) is 4. The van der Waals surface area contributed by atoms with Crippen molar-refractivity contribution in [3.8, 4) is 0 Å². The van der Waals surface area contributed by atoms with E-state index in [0.717, 1.165) is 61.8 Å². The van der Waals surface area contributed by atoms with Gasteiger partial charge in [0.1, 0.15) is 12.1 Å². The van der Waals surface area contributed by atoms with Gasteiger partial charge in [-0.25, -0.2) is 4.98 Å². The highest BCUT2D eigenvalue weighted by Gasteiger charge is 2.46. The molecule has 0 aliphatic heterocycles. The highest BCUT2D eigenvalue weighted by atomic mass is 16.3. The number of hydrogen-bond acceptors (Lipinski definition) is 5. The average molecular weight is 439 g/mol. The van der Waals surface area contributed by atoms with E-state index in [1.165, 1.54) is 30.5 Å². The zero-order valence-corrected chi connectivity index (χ0v) is 19.6. The molecule has 1 N–H and O–H groups in total. The Morgan fingerprint density at radius 2 is 1.97 bits per heavy atom. The number of hydrogen-bond donors (Lipinski definition) is 1. The Bertz CT molecular complexity index is 921. The number of rotatable bonds is 3. The maximum absolute atomic E-state index is 13.2. The lowest BCUT2D eigenvalue weighted by Gasteiger charge is -2.50. The molecule has 6 heteroatoms. The van der Waals surface area contributed by atoms with Gasteiger partial charge in [0.05, 0.1) is 5.60 Å². The predicted molar refractivity (Wildman–Crippen MR) is 124 cm³/mol. The molecular weight excluding hydrogens is 400 g/mol. The summed E-state index contributed by atoms with van der Waals surface area (Å²) in [4.78, 5) is 19.0. The number of carbonyl (C=O) groups is 1. The molecule has 0 saturated heterocycles. The number of carbonyl (C=O) groups excluding carboxylic acids is 1. The number of pyridine rings is 1. The molecule has 2 aromatic heterocycles. The second-order valence-corrected chi connectivity index (χ2v) is 11.3. The Balaban J connectivity index is 1.25. The topological polar surface area (TPSA) is 80.9 Å². The van der Waals surface area contributed by atoms with E-state index in [4.69, 9.17) is 0 Å². The lowest BCUT2D eigenvalue weighted by molar-refractivity contribution is -0.124. The number of fused-ring (bicyclic) bond motifs is 4. The number of ketones is 1. The van der Waals surface area contributed by atoms with Crippen LogP contribution in [0, 0.1) is 35.5 Å². The third kappa shape index (κ3) is 4.48. The molecule has 0 bridgehead atoms. The van der Waals surface area contributed by atoms with Crippen LogP contribution in [0.25, 0.3) is 11.2 Å². The lowest BCUT2D eigenvalue weighted by atomic mass is 9.56. The Morgan fingerprint density at radius 3 is 2.81 bits per heavy atom. The van der Waals surface area contributed by atoms with E-state index >= 15 is 0 Å². The Kier molecular flexibility index (Phi) is 6.08. The molecule has 3 aliphatic rings. The molecule has 3 aliphatic carbocycles. The van der Waals surface area contributed by atoms with E-state index in [9.17, 15) is 9.90 Å². The maximum Gasteiger partial charge on any atom is 0.201 e. The highest BCUT2D eigenvalue weighted by molar-refractivity contribution is 5.81. The monoisotopic (exact) mass is 438 g/mol. The molecule has 7 atom stereocenters. The first-order valence-electron chi connectivity index (χ1n) is 12.8. The summed E-state index contributed by atoms with van der Waals surface area (Å²) in [5, 5.41) is 19.4. The van der Waals surface area contributed by atoms with Crippen molar-refractivity contribution in [3.63, 3.8) is 0 Å². The van der Waals surface area contributed by atoms with Crippen molar-refractivity contribution in [2.24, 2.45) is 35.5 Å². The standard InChI is InChI=1S/C26H38N4O2/c1-17-8-9-18(24(31)16-30-28-23-7-4-14-27-25(23)29-30)5-3-6-22-20(17)11-10-19-15-26(2,32)13-12-21(19)22/h4,7,14,17-22,32H,3,5-6,8-13,15-16H2,1-2H3. The normalized spacial score (nSPS) is 38.2. The van der Waals surface area contributed by atoms with Crippen molar-refractivity contribution in [2.45, 2.75) is 90.2 Å². The minimum absolute atomic E-state index is 0.113. The molecule has 2 heterocycles. The Morgan fingerprint density at radius 1 is 1.09 bits per heavy atom. The zero-order valence-electron chi connectivity index (χ0n) is 19.6. The molecule has 174 valence electrons. The lowest BCUT2D eigenvalue weighted by Crippen LogP contribution is -2.45. The fraction of sp³-hybridized carbons (Fsp3) is 0.769. The van der Waals surface area contributed by atoms with Crippen LogP contribution >= 0.6 is 0 Å². The largest absolute Gasteiger partial charge is 0.390 e. The number of Topliss-reactive ketones (excluding diaryl/α,β-unsaturated/α-hetero) is 1. The van der Waals surface area contributed by atoms with Gasteiger partial charge >= 0.3 is 0 Å². The summed E-state index contributed by atoms with van der Waals surface area (Å²) >= 11 is 0. The van der Waals surface area contributed by atoms with Crippen molar-refractivity contribution in [2.75, 3.05) is 0 Å². The van der Waals surface area contributed by atoms with Crippen molar-refractivity contribution in [3.05, 3.63) is 18.3 Å². The van der Waals surface area contributed by atoms with Gasteiger partial charge in [-0.05, 0) is 106 Å². The van der Waals surface area contributed by atoms with Crippen molar-refractivity contribution in [1.29, 1.82) is 0 Å². The molecule has 0 amide bonds. The van der Waals surface area contributed by atoms with E-state index in [2.05, 4.69) is 22.1 Å². The summed E-state index contributed by atoms with van der Waals surface area (Å²) in [5.41, 5.74) is 0.887. The van der Waals surface area contributed by atoms with Crippen molar-refractivity contribution < 1.29 is 9.90 Å². The van der Waals surface area contributed by atoms with Crippen LogP contribution in [-0.4, -0.2) is 36.5 Å². The van der Waals surface area contributed by atoms with Crippen LogP contribution < -0.4 is 0 Å². The smallest absolute Gasteiger partial charge is 0.201 e. The first kappa shape index (κ1) is 22.0. The van der Waals surface area contributed by atoms with Gasteiger partial charge in [0.2, 0.25) is 5.65 Å². The molecule has 7 unspecified atom stereocenters. The van der Waals surface area contributed by atoms with Crippen LogP contribution in [0.15, 0.2) is 18.3 Å². The average Bonchev–Trinajstić information content (AvgIpc) is 3.19. The Labute approximate surface area is 191 Å². The van der Waals surface area contributed by atoms with Crippen LogP contribution in [0.2, 0.25) is 0 Å². The molecule has 3 saturated carbocycles. The molecule has 0 radical (unpaired) electrons. The molecule has 5 rings (SSSR count). The van der Waals surface area contributed by atoms with Gasteiger partial charge in [0, 0.05) is 12.1 Å². The third-order valence-electron chi connectivity index (χ3n) is 9.04. The number of aliphatic hydroxyl groups is 1. The minimum Gasteiger partial charge on any atom is -0.390 e. The minimum atomic E-state index is -0.462. The van der Waals surface area contributed by atoms with Gasteiger partial charge in [-0.3, -0.25) is 4.79 Å². The molecule has 3 fully saturated rings. The van der Waals surface area contributed by atoms with E-state index in [1.54, 1.807) is 6.20 Å². The molecule has 6 nitrogen and oxygen atoms in total. The summed E-state index contributed by atoms with van der Waals surface area (Å²) < 4.78 is 0. The van der Waals surface area contributed by atoms with Gasteiger partial charge in [-0.1, -0.05) is 13.3 Å². The van der Waals surface area contributed by atoms with Crippen molar-refractivity contribution >= 4 is 16.9 Å². The SMILES string of the molecule is CC1CCC(C(=O)Cn2nc3cccnc3n2)CCCC2C1CCC1CC(C)(O)CCC12. The quantitative estimate of drug-likeness (QED) is 0.744. The summed E-state index contributed by atoms with van der Waals surface area (Å²) in [6.45, 7) is 4.71. The van der Waals surface area contributed by atoms with Gasteiger partial charge in [0.25, 0.3) is 0 Å². The maximum atomic E-state index is 13.2. The summed E-state index contributed by atoms with van der Waals surface area (Å²) in [5.74, 6) is 4.09. The summed E-state index contributed by atoms with van der Waals surface area (Å²) in [6, 6.07) is 3.73. The fourth-order valence-electron chi connectivity index (χ4n) is 7.37. The van der Waals surface area contributed by atoms with Crippen LogP contribution in [-0.2, 0) is 11.3 Å². The first-order valence-corrected chi connectivity index (χ1v) is 12.8. The fourth-order valence-corrected chi connectivity index (χ4v) is 7.37. The van der Waals surface area contributed by atoms with Crippen LogP contribution in [0.4, 0.5) is 0 Å². The summed E-state index contributed by atoms with van der Waals surface area (Å²) in [6.07, 6.45) is 12.9. The van der Waals surface area contributed by atoms with Gasteiger partial charge in [-0.2, -0.15) is 9.90 Å². The van der Waals surface area contributed by atoms with Crippen LogP contribution in [0.3, 0.4) is 0 Å². The second kappa shape index (κ2) is 8.85. The number of aromatic nitrogens is 4. The molecular formula is C26H38N4O2. The van der Waals surface area contributed by atoms with Crippen LogP contribution in [0.1, 0.15) is 78.1 Å². The molecule has 32 heavy (non-hydrogen) atoms. The van der Waals surface area contributed by atoms with E-state index in [-0.39, 0.29) is 18.2 Å². The first-order chi connectivity index (χ1) is 15.4. The highest BCUT2D eigenvalue weighted by Crippen LogP contribution is 2.53. The molecule has 2 aromatic rings. The van der Waals surface area contributed by atoms with Crippen LogP contribution in [0.5, 0.6) is 0 Å². The zero-order chi connectivity index (χ0) is 22.3. The van der Waals surface area contributed by atoms with E-state index in [0.29, 0.717) is 17.5 Å². The van der Waals surface area contributed by atoms with Gasteiger partial charge < -0.3 is 5.11 Å². The van der Waals surface area contributed by atoms with Gasteiger partial charge in [-0.15, -0.1) is 5.10 Å². The predicted octanol–water partition coefficient (Wildman–Crippen LogP) is 4.81. The molecule has 0 spiro atoms. The Hall–Kier alpha value is -1.82. The van der Waals surface area contributed by atoms with E-state index in [1.807, 2.05) is 19.1 Å². The van der Waals surface area contributed by atoms with Gasteiger partial charge in [0.15, 0.2) is 5.78 Å². The van der Waals surface area contributed by atoms with E-state index < -0.39 is 5.60 Å². The molecule has 0 aromatic carbocycles.